The molecule has 0 aliphatic rings. The highest BCUT2D eigenvalue weighted by molar-refractivity contribution is 6.30. The highest BCUT2D eigenvalue weighted by atomic mass is 35.5. The number of aromatic nitrogens is 1. The number of nitro benzene ring substituents is 1. The van der Waals surface area contributed by atoms with Crippen molar-refractivity contribution in [1.82, 2.24) is 4.57 Å². The molecule has 7 heteroatoms. The van der Waals surface area contributed by atoms with Gasteiger partial charge in [0.1, 0.15) is 0 Å². The number of halogens is 2. The number of nitrogens with one attached hydrogen (secondary N) is 1. The molecule has 0 saturated carbocycles. The molecule has 0 radical (unpaired) electrons. The Morgan fingerprint density at radius 1 is 1.30 bits per heavy atom. The van der Waals surface area contributed by atoms with Crippen LogP contribution in [0.15, 0.2) is 42.6 Å². The molecular weight excluding hydrogens is 301 g/mol. The average Bonchev–Trinajstić information content (AvgIpc) is 2.86. The maximum absolute atomic E-state index is 11.0. The molecule has 0 saturated heterocycles. The lowest BCUT2D eigenvalue weighted by molar-refractivity contribution is -0.385. The number of hydrogen-bond acceptors (Lipinski definition) is 3. The largest absolute Gasteiger partial charge is 0.342 e. The van der Waals surface area contributed by atoms with Crippen molar-refractivity contribution in [2.45, 2.75) is 6.54 Å². The van der Waals surface area contributed by atoms with Crippen molar-refractivity contribution in [3.05, 3.63) is 64.0 Å². The Hall–Kier alpha value is -1.85. The third-order valence-corrected chi connectivity index (χ3v) is 3.07. The van der Waals surface area contributed by atoms with Crippen LogP contribution in [0, 0.1) is 15.5 Å². The fraction of sp³-hybridized carbons (Fsp3) is 0.154. The molecule has 2 aromatic rings. The minimum absolute atomic E-state index is 0. The van der Waals surface area contributed by atoms with Gasteiger partial charge in [0.2, 0.25) is 0 Å². The summed E-state index contributed by atoms with van der Waals surface area (Å²) in [6.45, 7) is 0.346. The summed E-state index contributed by atoms with van der Waals surface area (Å²) in [6.07, 6.45) is 1.78. The standard InChI is InChI=1S/C13H12ClN3O2.ClH/c14-8-11(15)13-6-3-7-16(13)9-10-4-1-2-5-12(10)17(18)19;/h1-7,15H,8-9H2;1H. The van der Waals surface area contributed by atoms with Crippen molar-refractivity contribution < 1.29 is 4.92 Å². The first-order chi connectivity index (χ1) is 9.13. The minimum Gasteiger partial charge on any atom is -0.342 e. The Morgan fingerprint density at radius 2 is 2.00 bits per heavy atom. The number of nitro groups is 1. The quantitative estimate of drug-likeness (QED) is 0.397. The van der Waals surface area contributed by atoms with E-state index in [0.717, 1.165) is 0 Å². The van der Waals surface area contributed by atoms with Crippen LogP contribution in [0.3, 0.4) is 0 Å². The van der Waals surface area contributed by atoms with Crippen LogP contribution in [0.5, 0.6) is 0 Å². The molecular formula is C13H13Cl2N3O2. The summed E-state index contributed by atoms with van der Waals surface area (Å²) in [5.74, 6) is 0.112. The molecule has 5 nitrogen and oxygen atoms in total. The molecule has 0 atom stereocenters. The van der Waals surface area contributed by atoms with Gasteiger partial charge in [-0.25, -0.2) is 0 Å². The van der Waals surface area contributed by atoms with Crippen LogP contribution in [0.1, 0.15) is 11.3 Å². The third-order valence-electron chi connectivity index (χ3n) is 2.80. The zero-order chi connectivity index (χ0) is 13.8. The Balaban J connectivity index is 0.00000200. The van der Waals surface area contributed by atoms with E-state index in [1.54, 1.807) is 41.1 Å². The van der Waals surface area contributed by atoms with Gasteiger partial charge < -0.3 is 9.98 Å². The fourth-order valence-electron chi connectivity index (χ4n) is 1.90. The predicted molar refractivity (Wildman–Crippen MR) is 81.4 cm³/mol. The van der Waals surface area contributed by atoms with Crippen LogP contribution < -0.4 is 0 Å². The van der Waals surface area contributed by atoms with Crippen LogP contribution in [0.25, 0.3) is 0 Å². The Bertz CT molecular complexity index is 626. The normalized spacial score (nSPS) is 9.85. The van der Waals surface area contributed by atoms with Gasteiger partial charge in [-0.15, -0.1) is 24.0 Å². The van der Waals surface area contributed by atoms with Crippen LogP contribution in [-0.4, -0.2) is 21.1 Å². The second-order valence-electron chi connectivity index (χ2n) is 4.02. The van der Waals surface area contributed by atoms with Crippen LogP contribution >= 0.6 is 24.0 Å². The predicted octanol–water partition coefficient (Wildman–Crippen LogP) is 3.47. The number of nitrogens with zero attached hydrogens (tertiary/aromatic N) is 2. The molecule has 0 amide bonds. The first-order valence-corrected chi connectivity index (χ1v) is 6.18. The molecule has 0 spiro atoms. The van der Waals surface area contributed by atoms with E-state index in [2.05, 4.69) is 0 Å². The van der Waals surface area contributed by atoms with Crippen molar-refractivity contribution in [2.75, 3.05) is 5.88 Å². The first kappa shape index (κ1) is 16.2. The molecule has 1 aromatic carbocycles. The van der Waals surface area contributed by atoms with Gasteiger partial charge in [0, 0.05) is 17.8 Å². The number of para-hydroxylation sites is 1. The molecule has 20 heavy (non-hydrogen) atoms. The second kappa shape index (κ2) is 7.07. The highest BCUT2D eigenvalue weighted by Crippen LogP contribution is 2.19. The van der Waals surface area contributed by atoms with E-state index in [1.165, 1.54) is 6.07 Å². The van der Waals surface area contributed by atoms with Gasteiger partial charge in [0.15, 0.2) is 0 Å². The summed E-state index contributed by atoms with van der Waals surface area (Å²) in [7, 11) is 0. The van der Waals surface area contributed by atoms with E-state index in [-0.39, 0.29) is 24.0 Å². The third kappa shape index (κ3) is 3.37. The lowest BCUT2D eigenvalue weighted by Crippen LogP contribution is -2.11. The fourth-order valence-corrected chi connectivity index (χ4v) is 2.04. The van der Waals surface area contributed by atoms with Crippen molar-refractivity contribution >= 4 is 35.4 Å². The Morgan fingerprint density at radius 3 is 2.65 bits per heavy atom. The topological polar surface area (TPSA) is 71.9 Å². The molecule has 0 bridgehead atoms. The monoisotopic (exact) mass is 313 g/mol. The zero-order valence-electron chi connectivity index (χ0n) is 10.5. The summed E-state index contributed by atoms with van der Waals surface area (Å²) < 4.78 is 1.78. The second-order valence-corrected chi connectivity index (χ2v) is 4.29. The number of alkyl halides is 1. The molecule has 1 aromatic heterocycles. The highest BCUT2D eigenvalue weighted by Gasteiger charge is 2.14. The SMILES string of the molecule is Cl.N=C(CCl)c1cccn1Cc1ccccc1[N+](=O)[O-]. The van der Waals surface area contributed by atoms with E-state index in [0.29, 0.717) is 23.5 Å². The molecule has 0 unspecified atom stereocenters. The molecule has 1 N–H and O–H groups in total. The van der Waals surface area contributed by atoms with Gasteiger partial charge >= 0.3 is 0 Å². The van der Waals surface area contributed by atoms with Gasteiger partial charge in [-0.05, 0) is 12.1 Å². The average molecular weight is 314 g/mol. The van der Waals surface area contributed by atoms with Gasteiger partial charge in [-0.3, -0.25) is 10.1 Å². The van der Waals surface area contributed by atoms with Crippen molar-refractivity contribution in [3.8, 4) is 0 Å². The summed E-state index contributed by atoms with van der Waals surface area (Å²) in [5, 5.41) is 18.7. The summed E-state index contributed by atoms with van der Waals surface area (Å²) >= 11 is 5.65. The lowest BCUT2D eigenvalue weighted by Gasteiger charge is -2.09. The summed E-state index contributed by atoms with van der Waals surface area (Å²) in [6, 6.07) is 10.2. The van der Waals surface area contributed by atoms with E-state index in [4.69, 9.17) is 17.0 Å². The number of rotatable bonds is 5. The van der Waals surface area contributed by atoms with Crippen LogP contribution in [-0.2, 0) is 6.54 Å². The van der Waals surface area contributed by atoms with Gasteiger partial charge in [0.25, 0.3) is 5.69 Å². The number of benzene rings is 1. The lowest BCUT2D eigenvalue weighted by atomic mass is 10.1. The van der Waals surface area contributed by atoms with Crippen LogP contribution in [0.4, 0.5) is 5.69 Å². The van der Waals surface area contributed by atoms with Gasteiger partial charge in [-0.1, -0.05) is 18.2 Å². The van der Waals surface area contributed by atoms with Crippen molar-refractivity contribution in [3.63, 3.8) is 0 Å². The Kier molecular flexibility index (Phi) is 5.73. The first-order valence-electron chi connectivity index (χ1n) is 5.64. The minimum atomic E-state index is -0.397. The van der Waals surface area contributed by atoms with Gasteiger partial charge in [0.05, 0.1) is 28.8 Å². The van der Waals surface area contributed by atoms with E-state index >= 15 is 0 Å². The maximum atomic E-state index is 11.0. The maximum Gasteiger partial charge on any atom is 0.274 e. The molecule has 2 rings (SSSR count). The molecule has 106 valence electrons. The molecule has 1 heterocycles. The van der Waals surface area contributed by atoms with Crippen LogP contribution in [0.2, 0.25) is 0 Å². The number of hydrogen-bond donors (Lipinski definition) is 1. The molecule has 0 fully saturated rings. The van der Waals surface area contributed by atoms with E-state index in [1.807, 2.05) is 0 Å². The molecule has 0 aliphatic carbocycles. The van der Waals surface area contributed by atoms with E-state index in [9.17, 15) is 10.1 Å². The van der Waals surface area contributed by atoms with Crippen molar-refractivity contribution in [2.24, 2.45) is 0 Å². The summed E-state index contributed by atoms with van der Waals surface area (Å²) in [4.78, 5) is 10.6. The smallest absolute Gasteiger partial charge is 0.274 e. The van der Waals surface area contributed by atoms with E-state index < -0.39 is 4.92 Å². The summed E-state index contributed by atoms with van der Waals surface area (Å²) in [5.41, 5.74) is 1.66. The molecule has 0 aliphatic heterocycles. The van der Waals surface area contributed by atoms with Gasteiger partial charge in [-0.2, -0.15) is 0 Å². The Labute approximate surface area is 127 Å². The van der Waals surface area contributed by atoms with Crippen molar-refractivity contribution in [1.29, 1.82) is 5.41 Å². The zero-order valence-corrected chi connectivity index (χ0v) is 12.0.